The summed E-state index contributed by atoms with van der Waals surface area (Å²) in [6.45, 7) is 2.82. The lowest BCUT2D eigenvalue weighted by atomic mass is 9.86. The molecular formula is C19H21NO2. The van der Waals surface area contributed by atoms with Crippen molar-refractivity contribution in [1.29, 1.82) is 0 Å². The predicted octanol–water partition coefficient (Wildman–Crippen LogP) is 3.86. The second kappa shape index (κ2) is 6.32. The van der Waals surface area contributed by atoms with E-state index in [2.05, 4.69) is 30.4 Å². The van der Waals surface area contributed by atoms with Crippen molar-refractivity contribution in [3.05, 3.63) is 70.3 Å². The summed E-state index contributed by atoms with van der Waals surface area (Å²) in [6.07, 6.45) is 3.49. The van der Waals surface area contributed by atoms with Gasteiger partial charge in [0.2, 0.25) is 0 Å². The van der Waals surface area contributed by atoms with Gasteiger partial charge in [0.15, 0.2) is 0 Å². The average molecular weight is 295 g/mol. The van der Waals surface area contributed by atoms with Gasteiger partial charge in [-0.2, -0.15) is 0 Å². The Hall–Kier alpha value is -2.13. The number of rotatable bonds is 4. The van der Waals surface area contributed by atoms with Gasteiger partial charge in [0.1, 0.15) is 0 Å². The van der Waals surface area contributed by atoms with Gasteiger partial charge in [0.25, 0.3) is 0 Å². The van der Waals surface area contributed by atoms with Crippen LogP contribution >= 0.6 is 0 Å². The standard InChI is InChI=1S/C19H21NO2/c1-13-8-9-15-5-3-7-18(17(15)10-13)20-12-14-4-2-6-16(11-14)19(21)22/h2,4,6,8-11,18,20H,3,5,7,12H2,1H3,(H,21,22)/t18-/m0/s1. The van der Waals surface area contributed by atoms with Crippen molar-refractivity contribution in [2.45, 2.75) is 38.8 Å². The highest BCUT2D eigenvalue weighted by Gasteiger charge is 2.19. The van der Waals surface area contributed by atoms with Gasteiger partial charge in [-0.15, -0.1) is 0 Å². The van der Waals surface area contributed by atoms with E-state index in [4.69, 9.17) is 5.11 Å². The molecule has 2 aromatic carbocycles. The number of carboxylic acid groups (broad SMARTS) is 1. The number of carboxylic acids is 1. The molecule has 2 N–H and O–H groups in total. The molecule has 3 heteroatoms. The highest BCUT2D eigenvalue weighted by molar-refractivity contribution is 5.87. The number of nitrogens with one attached hydrogen (secondary N) is 1. The maximum absolute atomic E-state index is 11.0. The highest BCUT2D eigenvalue weighted by Crippen LogP contribution is 2.30. The number of aryl methyl sites for hydroxylation is 2. The van der Waals surface area contributed by atoms with Crippen LogP contribution in [-0.4, -0.2) is 11.1 Å². The van der Waals surface area contributed by atoms with Crippen molar-refractivity contribution < 1.29 is 9.90 Å². The average Bonchev–Trinajstić information content (AvgIpc) is 2.53. The fourth-order valence-electron chi connectivity index (χ4n) is 3.19. The quantitative estimate of drug-likeness (QED) is 0.900. The Labute approximate surface area is 131 Å². The molecule has 3 rings (SSSR count). The zero-order valence-corrected chi connectivity index (χ0v) is 12.8. The minimum absolute atomic E-state index is 0.346. The van der Waals surface area contributed by atoms with E-state index in [1.807, 2.05) is 6.07 Å². The first-order valence-corrected chi connectivity index (χ1v) is 7.78. The maximum Gasteiger partial charge on any atom is 0.335 e. The van der Waals surface area contributed by atoms with E-state index in [-0.39, 0.29) is 0 Å². The molecule has 1 aliphatic rings. The molecule has 2 aromatic rings. The third-order valence-corrected chi connectivity index (χ3v) is 4.34. The first-order chi connectivity index (χ1) is 10.6. The Morgan fingerprint density at radius 1 is 1.27 bits per heavy atom. The van der Waals surface area contributed by atoms with E-state index < -0.39 is 5.97 Å². The van der Waals surface area contributed by atoms with Gasteiger partial charge in [0, 0.05) is 12.6 Å². The molecule has 3 nitrogen and oxygen atoms in total. The molecule has 1 atom stereocenters. The van der Waals surface area contributed by atoms with E-state index in [9.17, 15) is 4.79 Å². The molecule has 0 saturated carbocycles. The van der Waals surface area contributed by atoms with E-state index in [1.165, 1.54) is 23.1 Å². The van der Waals surface area contributed by atoms with Crippen LogP contribution in [0.3, 0.4) is 0 Å². The summed E-state index contributed by atoms with van der Waals surface area (Å²) in [4.78, 5) is 11.0. The Bertz CT molecular complexity index is 694. The third kappa shape index (κ3) is 3.20. The minimum atomic E-state index is -0.875. The Balaban J connectivity index is 1.74. The van der Waals surface area contributed by atoms with Crippen LogP contribution in [0.25, 0.3) is 0 Å². The van der Waals surface area contributed by atoms with Crippen LogP contribution in [0.2, 0.25) is 0 Å². The smallest absolute Gasteiger partial charge is 0.335 e. The Morgan fingerprint density at radius 3 is 2.95 bits per heavy atom. The number of carbonyl (C=O) groups is 1. The van der Waals surface area contributed by atoms with Crippen molar-refractivity contribution >= 4 is 5.97 Å². The lowest BCUT2D eigenvalue weighted by molar-refractivity contribution is 0.0696. The minimum Gasteiger partial charge on any atom is -0.478 e. The molecule has 1 aliphatic carbocycles. The van der Waals surface area contributed by atoms with Gasteiger partial charge in [-0.1, -0.05) is 35.9 Å². The molecule has 0 saturated heterocycles. The second-order valence-corrected chi connectivity index (χ2v) is 6.03. The zero-order valence-electron chi connectivity index (χ0n) is 12.8. The molecule has 0 spiro atoms. The Kier molecular flexibility index (Phi) is 4.25. The van der Waals surface area contributed by atoms with Crippen LogP contribution in [0.5, 0.6) is 0 Å². The van der Waals surface area contributed by atoms with Crippen LogP contribution in [0.1, 0.15) is 51.5 Å². The van der Waals surface area contributed by atoms with E-state index >= 15 is 0 Å². The largest absolute Gasteiger partial charge is 0.478 e. The fraction of sp³-hybridized carbons (Fsp3) is 0.316. The van der Waals surface area contributed by atoms with Gasteiger partial charge >= 0.3 is 5.97 Å². The van der Waals surface area contributed by atoms with Crippen LogP contribution < -0.4 is 5.32 Å². The van der Waals surface area contributed by atoms with Gasteiger partial charge in [-0.3, -0.25) is 0 Å². The Morgan fingerprint density at radius 2 is 2.14 bits per heavy atom. The molecule has 0 bridgehead atoms. The number of hydrogen-bond acceptors (Lipinski definition) is 2. The van der Waals surface area contributed by atoms with Crippen LogP contribution in [0, 0.1) is 6.92 Å². The number of hydrogen-bond donors (Lipinski definition) is 2. The fourth-order valence-corrected chi connectivity index (χ4v) is 3.19. The van der Waals surface area contributed by atoms with Crippen molar-refractivity contribution in [1.82, 2.24) is 5.32 Å². The first-order valence-electron chi connectivity index (χ1n) is 7.78. The van der Waals surface area contributed by atoms with Crippen LogP contribution in [-0.2, 0) is 13.0 Å². The first kappa shape index (κ1) is 14.8. The maximum atomic E-state index is 11.0. The third-order valence-electron chi connectivity index (χ3n) is 4.34. The molecule has 0 unspecified atom stereocenters. The van der Waals surface area contributed by atoms with Crippen molar-refractivity contribution in [3.8, 4) is 0 Å². The molecule has 0 heterocycles. The monoisotopic (exact) mass is 295 g/mol. The van der Waals surface area contributed by atoms with Crippen molar-refractivity contribution in [3.63, 3.8) is 0 Å². The van der Waals surface area contributed by atoms with Crippen LogP contribution in [0.4, 0.5) is 0 Å². The van der Waals surface area contributed by atoms with Crippen LogP contribution in [0.15, 0.2) is 42.5 Å². The summed E-state index contributed by atoms with van der Waals surface area (Å²) in [7, 11) is 0. The molecule has 0 aliphatic heterocycles. The molecule has 0 amide bonds. The normalized spacial score (nSPS) is 17.0. The van der Waals surface area contributed by atoms with Crippen molar-refractivity contribution in [2.24, 2.45) is 0 Å². The lowest BCUT2D eigenvalue weighted by Crippen LogP contribution is -2.25. The topological polar surface area (TPSA) is 49.3 Å². The van der Waals surface area contributed by atoms with E-state index in [0.29, 0.717) is 18.2 Å². The summed E-state index contributed by atoms with van der Waals surface area (Å²) in [5.41, 5.74) is 5.49. The molecular weight excluding hydrogens is 274 g/mol. The van der Waals surface area contributed by atoms with Gasteiger partial charge in [-0.05, 0) is 55.0 Å². The summed E-state index contributed by atoms with van der Waals surface area (Å²) in [6, 6.07) is 14.2. The summed E-state index contributed by atoms with van der Waals surface area (Å²) < 4.78 is 0. The van der Waals surface area contributed by atoms with Crippen molar-refractivity contribution in [2.75, 3.05) is 0 Å². The molecule has 22 heavy (non-hydrogen) atoms. The summed E-state index contributed by atoms with van der Waals surface area (Å²) in [5, 5.41) is 12.7. The lowest BCUT2D eigenvalue weighted by Gasteiger charge is -2.27. The van der Waals surface area contributed by atoms with E-state index in [1.54, 1.807) is 18.2 Å². The zero-order chi connectivity index (χ0) is 15.5. The predicted molar refractivity (Wildman–Crippen MR) is 87.1 cm³/mol. The van der Waals surface area contributed by atoms with Gasteiger partial charge in [-0.25, -0.2) is 4.79 Å². The van der Waals surface area contributed by atoms with Gasteiger partial charge in [0.05, 0.1) is 5.56 Å². The molecule has 0 aromatic heterocycles. The summed E-state index contributed by atoms with van der Waals surface area (Å²) >= 11 is 0. The summed E-state index contributed by atoms with van der Waals surface area (Å²) in [5.74, 6) is -0.875. The van der Waals surface area contributed by atoms with Gasteiger partial charge < -0.3 is 10.4 Å². The second-order valence-electron chi connectivity index (χ2n) is 6.03. The molecule has 0 radical (unpaired) electrons. The number of aromatic carboxylic acids is 1. The van der Waals surface area contributed by atoms with E-state index in [0.717, 1.165) is 18.4 Å². The number of benzene rings is 2. The molecule has 114 valence electrons. The SMILES string of the molecule is Cc1ccc2c(c1)[C@@H](NCc1cccc(C(=O)O)c1)CCC2. The highest BCUT2D eigenvalue weighted by atomic mass is 16.4. The molecule has 0 fully saturated rings. The number of fused-ring (bicyclic) bond motifs is 1.